The molecule has 0 saturated carbocycles. The van der Waals surface area contributed by atoms with Gasteiger partial charge in [0.25, 0.3) is 5.56 Å². The van der Waals surface area contributed by atoms with Gasteiger partial charge in [0.15, 0.2) is 0 Å². The highest BCUT2D eigenvalue weighted by molar-refractivity contribution is 5.67. The molecule has 0 aliphatic heterocycles. The van der Waals surface area contributed by atoms with E-state index in [1.165, 1.54) is 0 Å². The van der Waals surface area contributed by atoms with Gasteiger partial charge >= 0.3 is 0 Å². The predicted molar refractivity (Wildman–Crippen MR) is 89.2 cm³/mol. The van der Waals surface area contributed by atoms with Crippen LogP contribution in [-0.2, 0) is 0 Å². The second-order valence-electron chi connectivity index (χ2n) is 5.28. The Morgan fingerprint density at radius 3 is 2.61 bits per heavy atom. The van der Waals surface area contributed by atoms with Crippen LogP contribution in [0.3, 0.4) is 0 Å². The van der Waals surface area contributed by atoms with Gasteiger partial charge in [-0.3, -0.25) is 9.20 Å². The zero-order chi connectivity index (χ0) is 16.4. The van der Waals surface area contributed by atoms with Crippen LogP contribution in [0.1, 0.15) is 24.4 Å². The van der Waals surface area contributed by atoms with Crippen LogP contribution < -0.4 is 5.56 Å². The van der Waals surface area contributed by atoms with Gasteiger partial charge in [0.05, 0.1) is 17.3 Å². The van der Waals surface area contributed by atoms with E-state index in [9.17, 15) is 4.79 Å². The molecule has 1 unspecified atom stereocenters. The minimum atomic E-state index is -0.534. The van der Waals surface area contributed by atoms with Gasteiger partial charge in [-0.15, -0.1) is 0 Å². The van der Waals surface area contributed by atoms with Crippen LogP contribution >= 0.6 is 0 Å². The third-order valence-corrected chi connectivity index (χ3v) is 3.76. The Bertz CT molecular complexity index is 971. The first-order valence-electron chi connectivity index (χ1n) is 7.25. The highest BCUT2D eigenvalue weighted by Crippen LogP contribution is 2.26. The zero-order valence-corrected chi connectivity index (χ0v) is 12.8. The standard InChI is InChI=1S/C17H15N5O/c1-11-7-6-10-14-19-16(12(2)20-21-18)15(17(23)22(11)14)13-8-4-3-5-9-13/h3-10,12H,1-2H3. The molecule has 0 amide bonds. The number of nitrogens with zero attached hydrogens (tertiary/aromatic N) is 5. The van der Waals surface area contributed by atoms with E-state index in [2.05, 4.69) is 15.0 Å². The zero-order valence-electron chi connectivity index (χ0n) is 12.8. The smallest absolute Gasteiger partial charge is 0.266 e. The lowest BCUT2D eigenvalue weighted by atomic mass is 10.0. The van der Waals surface area contributed by atoms with Crippen molar-refractivity contribution in [2.75, 3.05) is 0 Å². The molecule has 3 aromatic rings. The molecule has 0 bridgehead atoms. The van der Waals surface area contributed by atoms with Gasteiger partial charge in [0.1, 0.15) is 5.65 Å². The normalized spacial score (nSPS) is 11.9. The minimum absolute atomic E-state index is 0.158. The first-order valence-corrected chi connectivity index (χ1v) is 7.25. The molecule has 0 fully saturated rings. The van der Waals surface area contributed by atoms with Crippen molar-refractivity contribution in [3.8, 4) is 11.1 Å². The fourth-order valence-electron chi connectivity index (χ4n) is 2.67. The highest BCUT2D eigenvalue weighted by Gasteiger charge is 2.19. The van der Waals surface area contributed by atoms with Gasteiger partial charge in [-0.1, -0.05) is 48.4 Å². The van der Waals surface area contributed by atoms with Crippen LogP contribution in [0.15, 0.2) is 58.4 Å². The Labute approximate surface area is 132 Å². The molecule has 3 rings (SSSR count). The molecule has 6 heteroatoms. The molecule has 114 valence electrons. The van der Waals surface area contributed by atoms with E-state index in [4.69, 9.17) is 5.53 Å². The Hall–Kier alpha value is -3.11. The minimum Gasteiger partial charge on any atom is -0.268 e. The van der Waals surface area contributed by atoms with Crippen molar-refractivity contribution in [1.29, 1.82) is 0 Å². The number of hydrogen-bond acceptors (Lipinski definition) is 3. The average molecular weight is 305 g/mol. The number of rotatable bonds is 3. The lowest BCUT2D eigenvalue weighted by Gasteiger charge is -2.14. The van der Waals surface area contributed by atoms with Crippen LogP contribution in [0, 0.1) is 6.92 Å². The van der Waals surface area contributed by atoms with Crippen LogP contribution in [0.2, 0.25) is 0 Å². The predicted octanol–water partition coefficient (Wildman–Crippen LogP) is 4.04. The summed E-state index contributed by atoms with van der Waals surface area (Å²) >= 11 is 0. The van der Waals surface area contributed by atoms with Gasteiger partial charge in [-0.05, 0) is 30.2 Å². The summed E-state index contributed by atoms with van der Waals surface area (Å²) in [7, 11) is 0. The molecule has 6 nitrogen and oxygen atoms in total. The monoisotopic (exact) mass is 305 g/mol. The molecule has 0 saturated heterocycles. The second-order valence-corrected chi connectivity index (χ2v) is 5.28. The number of fused-ring (bicyclic) bond motifs is 1. The van der Waals surface area contributed by atoms with E-state index in [1.54, 1.807) is 17.4 Å². The van der Waals surface area contributed by atoms with E-state index < -0.39 is 6.04 Å². The number of pyridine rings is 1. The third kappa shape index (κ3) is 2.56. The maximum absolute atomic E-state index is 13.1. The largest absolute Gasteiger partial charge is 0.268 e. The Morgan fingerprint density at radius 1 is 1.17 bits per heavy atom. The van der Waals surface area contributed by atoms with E-state index in [0.717, 1.165) is 11.3 Å². The van der Waals surface area contributed by atoms with Crippen molar-refractivity contribution >= 4 is 5.65 Å². The quantitative estimate of drug-likeness (QED) is 0.415. The summed E-state index contributed by atoms with van der Waals surface area (Å²) < 4.78 is 1.58. The first-order chi connectivity index (χ1) is 11.1. The second kappa shape index (κ2) is 5.94. The van der Waals surface area contributed by atoms with E-state index in [1.807, 2.05) is 49.4 Å². The van der Waals surface area contributed by atoms with Crippen molar-refractivity contribution in [3.63, 3.8) is 0 Å². The van der Waals surface area contributed by atoms with Crippen LogP contribution in [0.5, 0.6) is 0 Å². The fraction of sp³-hybridized carbons (Fsp3) is 0.176. The molecule has 0 N–H and O–H groups in total. The molecule has 0 spiro atoms. The van der Waals surface area contributed by atoms with E-state index in [0.29, 0.717) is 16.9 Å². The molecule has 1 aromatic carbocycles. The number of aryl methyl sites for hydroxylation is 1. The summed E-state index contributed by atoms with van der Waals surface area (Å²) in [5.74, 6) is 0. The van der Waals surface area contributed by atoms with Crippen molar-refractivity contribution in [2.45, 2.75) is 19.9 Å². The maximum Gasteiger partial charge on any atom is 0.266 e. The molecule has 2 heterocycles. The summed E-state index contributed by atoms with van der Waals surface area (Å²) in [6, 6.07) is 14.3. The maximum atomic E-state index is 13.1. The number of benzene rings is 1. The van der Waals surface area contributed by atoms with Gasteiger partial charge in [0.2, 0.25) is 0 Å². The Balaban J connectivity index is 2.45. The summed E-state index contributed by atoms with van der Waals surface area (Å²) in [5, 5.41) is 3.72. The van der Waals surface area contributed by atoms with Crippen molar-refractivity contribution in [3.05, 3.63) is 80.7 Å². The molecule has 0 aliphatic carbocycles. The summed E-state index contributed by atoms with van der Waals surface area (Å²) in [4.78, 5) is 20.5. The van der Waals surface area contributed by atoms with Crippen molar-refractivity contribution in [2.24, 2.45) is 5.11 Å². The molecular weight excluding hydrogens is 290 g/mol. The number of aromatic nitrogens is 2. The van der Waals surface area contributed by atoms with Crippen LogP contribution in [0.25, 0.3) is 27.2 Å². The van der Waals surface area contributed by atoms with Gasteiger partial charge in [-0.25, -0.2) is 4.98 Å². The lowest BCUT2D eigenvalue weighted by Crippen LogP contribution is -2.22. The third-order valence-electron chi connectivity index (χ3n) is 3.76. The van der Waals surface area contributed by atoms with Gasteiger partial charge < -0.3 is 0 Å². The number of hydrogen-bond donors (Lipinski definition) is 0. The average Bonchev–Trinajstić information content (AvgIpc) is 2.55. The van der Waals surface area contributed by atoms with Crippen LogP contribution in [-0.4, -0.2) is 9.38 Å². The summed E-state index contributed by atoms with van der Waals surface area (Å²) in [6.07, 6.45) is 0. The van der Waals surface area contributed by atoms with Crippen LogP contribution in [0.4, 0.5) is 0 Å². The summed E-state index contributed by atoms with van der Waals surface area (Å²) in [5.41, 5.74) is 11.6. The molecular formula is C17H15N5O. The van der Waals surface area contributed by atoms with E-state index >= 15 is 0 Å². The first kappa shape index (κ1) is 14.8. The molecule has 0 aliphatic rings. The van der Waals surface area contributed by atoms with Crippen molar-refractivity contribution < 1.29 is 0 Å². The van der Waals surface area contributed by atoms with E-state index in [-0.39, 0.29) is 5.56 Å². The molecule has 0 radical (unpaired) electrons. The summed E-state index contributed by atoms with van der Waals surface area (Å²) in [6.45, 7) is 3.60. The fourth-order valence-corrected chi connectivity index (χ4v) is 2.67. The molecule has 1 atom stereocenters. The topological polar surface area (TPSA) is 83.1 Å². The Kier molecular flexibility index (Phi) is 3.83. The number of azide groups is 1. The highest BCUT2D eigenvalue weighted by atomic mass is 16.1. The van der Waals surface area contributed by atoms with Gasteiger partial charge in [-0.2, -0.15) is 0 Å². The Morgan fingerprint density at radius 2 is 1.91 bits per heavy atom. The SMILES string of the molecule is Cc1cccc2nc(C(C)N=[N+]=[N-])c(-c3ccccc3)c(=O)n12. The molecule has 23 heavy (non-hydrogen) atoms. The molecule has 2 aromatic heterocycles. The lowest BCUT2D eigenvalue weighted by molar-refractivity contribution is 0.767. The van der Waals surface area contributed by atoms with Crippen molar-refractivity contribution in [1.82, 2.24) is 9.38 Å². The van der Waals surface area contributed by atoms with Gasteiger partial charge in [0, 0.05) is 10.6 Å².